The van der Waals surface area contributed by atoms with Crippen molar-refractivity contribution in [3.63, 3.8) is 0 Å². The highest BCUT2D eigenvalue weighted by molar-refractivity contribution is 7.11. The van der Waals surface area contributed by atoms with Crippen molar-refractivity contribution >= 4 is 28.1 Å². The van der Waals surface area contributed by atoms with Crippen molar-refractivity contribution in [3.8, 4) is 0 Å². The van der Waals surface area contributed by atoms with Crippen LogP contribution in [0.5, 0.6) is 0 Å². The fourth-order valence-corrected chi connectivity index (χ4v) is 5.52. The van der Waals surface area contributed by atoms with Crippen LogP contribution in [0.2, 0.25) is 0 Å². The number of aromatic amines is 1. The first-order valence-corrected chi connectivity index (χ1v) is 12.0. The molecule has 0 saturated heterocycles. The monoisotopic (exact) mass is 429 g/mol. The molecule has 158 valence electrons. The average Bonchev–Trinajstić information content (AvgIpc) is 3.48. The van der Waals surface area contributed by atoms with E-state index in [-0.39, 0.29) is 11.9 Å². The number of aromatic nitrogens is 2. The molecule has 1 amide bonds. The number of fused-ring (bicyclic) bond motifs is 2. The molecule has 2 aromatic carbocycles. The van der Waals surface area contributed by atoms with E-state index in [4.69, 9.17) is 0 Å². The van der Waals surface area contributed by atoms with Crippen LogP contribution in [0.1, 0.15) is 57.5 Å². The van der Waals surface area contributed by atoms with Crippen LogP contribution in [0.15, 0.2) is 54.2 Å². The van der Waals surface area contributed by atoms with Crippen molar-refractivity contribution in [2.45, 2.75) is 45.6 Å². The number of thiazole rings is 1. The van der Waals surface area contributed by atoms with E-state index in [0.717, 1.165) is 37.7 Å². The predicted molar refractivity (Wildman–Crippen MR) is 127 cm³/mol. The predicted octanol–water partition coefficient (Wildman–Crippen LogP) is 5.73. The van der Waals surface area contributed by atoms with Gasteiger partial charge in [-0.15, -0.1) is 11.3 Å². The fraction of sp³-hybridized carbons (Fsp3) is 0.308. The van der Waals surface area contributed by atoms with Gasteiger partial charge in [0.15, 0.2) is 5.01 Å². The number of nitrogens with zero attached hydrogens (tertiary/aromatic N) is 2. The van der Waals surface area contributed by atoms with E-state index in [1.165, 1.54) is 44.5 Å². The molecule has 0 aliphatic carbocycles. The molecule has 2 aromatic heterocycles. The van der Waals surface area contributed by atoms with E-state index < -0.39 is 0 Å². The lowest BCUT2D eigenvalue weighted by Gasteiger charge is -2.38. The van der Waals surface area contributed by atoms with Crippen molar-refractivity contribution in [1.29, 1.82) is 0 Å². The number of rotatable bonds is 5. The Morgan fingerprint density at radius 2 is 1.97 bits per heavy atom. The first-order chi connectivity index (χ1) is 15.2. The number of para-hydroxylation sites is 1. The van der Waals surface area contributed by atoms with Crippen LogP contribution in [0, 0.1) is 0 Å². The molecule has 3 heterocycles. The van der Waals surface area contributed by atoms with Crippen molar-refractivity contribution in [2.75, 3.05) is 6.54 Å². The topological polar surface area (TPSA) is 49.0 Å². The van der Waals surface area contributed by atoms with Gasteiger partial charge in [-0.25, -0.2) is 4.98 Å². The highest BCUT2D eigenvalue weighted by Crippen LogP contribution is 2.37. The lowest BCUT2D eigenvalue weighted by molar-refractivity contribution is 0.0659. The Morgan fingerprint density at radius 3 is 2.74 bits per heavy atom. The smallest absolute Gasteiger partial charge is 0.283 e. The number of benzene rings is 2. The molecule has 5 rings (SSSR count). The highest BCUT2D eigenvalue weighted by Gasteiger charge is 2.33. The molecule has 1 aliphatic heterocycles. The van der Waals surface area contributed by atoms with Gasteiger partial charge < -0.3 is 9.88 Å². The molecule has 4 aromatic rings. The van der Waals surface area contributed by atoms with Crippen molar-refractivity contribution < 1.29 is 4.79 Å². The Labute approximate surface area is 186 Å². The van der Waals surface area contributed by atoms with Gasteiger partial charge in [0, 0.05) is 35.2 Å². The summed E-state index contributed by atoms with van der Waals surface area (Å²) in [5.74, 6) is 0.0445. The maximum atomic E-state index is 13.4. The summed E-state index contributed by atoms with van der Waals surface area (Å²) >= 11 is 1.42. The van der Waals surface area contributed by atoms with Crippen LogP contribution in [0.4, 0.5) is 0 Å². The minimum absolute atomic E-state index is 0.00978. The minimum Gasteiger partial charge on any atom is -0.361 e. The maximum absolute atomic E-state index is 13.4. The first kappa shape index (κ1) is 20.0. The van der Waals surface area contributed by atoms with E-state index in [1.54, 1.807) is 6.20 Å². The maximum Gasteiger partial charge on any atom is 0.283 e. The van der Waals surface area contributed by atoms with E-state index in [1.807, 2.05) is 10.3 Å². The number of amides is 1. The molecule has 0 fully saturated rings. The number of nitrogens with one attached hydrogen (secondary N) is 1. The van der Waals surface area contributed by atoms with Gasteiger partial charge in [-0.2, -0.15) is 0 Å². The summed E-state index contributed by atoms with van der Waals surface area (Å²) in [6.45, 7) is 5.18. The standard InChI is InChI=1S/C26H27N3OS/c1-3-17-13-19-9-11-29(26(30)25-27-10-12-31-25)24(22(19)14-18(17)4-2)15-20-16-28-23-8-6-5-7-21(20)23/h5-8,10,12-14,16,24,28H,3-4,9,11,15H2,1-2H3. The summed E-state index contributed by atoms with van der Waals surface area (Å²) in [5, 5.41) is 3.69. The van der Waals surface area contributed by atoms with Crippen LogP contribution in [0.25, 0.3) is 10.9 Å². The lowest BCUT2D eigenvalue weighted by atomic mass is 9.84. The second kappa shape index (κ2) is 8.31. The van der Waals surface area contributed by atoms with E-state index in [9.17, 15) is 4.79 Å². The van der Waals surface area contributed by atoms with E-state index >= 15 is 0 Å². The summed E-state index contributed by atoms with van der Waals surface area (Å²) in [6, 6.07) is 13.2. The van der Waals surface area contributed by atoms with Crippen molar-refractivity contribution in [1.82, 2.24) is 14.9 Å². The first-order valence-electron chi connectivity index (χ1n) is 11.1. The SMILES string of the molecule is CCc1cc2c(cc1CC)C(Cc1c[nH]c3ccccc13)N(C(=O)c1nccs1)CC2. The molecule has 0 radical (unpaired) electrons. The van der Waals surface area contributed by atoms with Crippen LogP contribution in [0.3, 0.4) is 0 Å². The molecular weight excluding hydrogens is 402 g/mol. The number of carbonyl (C=O) groups is 1. The lowest BCUT2D eigenvalue weighted by Crippen LogP contribution is -2.41. The van der Waals surface area contributed by atoms with Gasteiger partial charge in [0.25, 0.3) is 5.91 Å². The zero-order valence-electron chi connectivity index (χ0n) is 18.0. The number of aryl methyl sites for hydroxylation is 2. The van der Waals surface area contributed by atoms with Gasteiger partial charge >= 0.3 is 0 Å². The number of hydrogen-bond donors (Lipinski definition) is 1. The summed E-state index contributed by atoms with van der Waals surface area (Å²) in [4.78, 5) is 23.2. The van der Waals surface area contributed by atoms with Crippen molar-refractivity contribution in [3.05, 3.63) is 87.0 Å². The Hall–Kier alpha value is -2.92. The second-order valence-corrected chi connectivity index (χ2v) is 9.09. The number of H-pyrrole nitrogens is 1. The molecule has 1 aliphatic rings. The largest absolute Gasteiger partial charge is 0.361 e. The summed E-state index contributed by atoms with van der Waals surface area (Å²) in [5.41, 5.74) is 7.92. The fourth-order valence-electron chi connectivity index (χ4n) is 4.93. The molecule has 1 unspecified atom stereocenters. The third-order valence-electron chi connectivity index (χ3n) is 6.54. The number of carbonyl (C=O) groups excluding carboxylic acids is 1. The molecule has 0 spiro atoms. The molecule has 0 bridgehead atoms. The molecule has 5 heteroatoms. The normalized spacial score (nSPS) is 15.9. The second-order valence-electron chi connectivity index (χ2n) is 8.19. The molecule has 1 atom stereocenters. The van der Waals surface area contributed by atoms with E-state index in [0.29, 0.717) is 5.01 Å². The molecule has 1 N–H and O–H groups in total. The van der Waals surface area contributed by atoms with Crippen LogP contribution in [-0.2, 0) is 25.7 Å². The number of hydrogen-bond acceptors (Lipinski definition) is 3. The quantitative estimate of drug-likeness (QED) is 0.440. The summed E-state index contributed by atoms with van der Waals surface area (Å²) in [6.07, 6.45) is 7.57. The Bertz CT molecular complexity index is 1220. The molecule has 31 heavy (non-hydrogen) atoms. The van der Waals surface area contributed by atoms with Crippen LogP contribution >= 0.6 is 11.3 Å². The summed E-state index contributed by atoms with van der Waals surface area (Å²) < 4.78 is 0. The highest BCUT2D eigenvalue weighted by atomic mass is 32.1. The van der Waals surface area contributed by atoms with Crippen molar-refractivity contribution in [2.24, 2.45) is 0 Å². The average molecular weight is 430 g/mol. The van der Waals surface area contributed by atoms with Gasteiger partial charge in [-0.3, -0.25) is 4.79 Å². The zero-order chi connectivity index (χ0) is 21.4. The molecular formula is C26H27N3OS. The molecule has 0 saturated carbocycles. The van der Waals surface area contributed by atoms with Gasteiger partial charge in [-0.1, -0.05) is 44.2 Å². The zero-order valence-corrected chi connectivity index (χ0v) is 18.8. The third-order valence-corrected chi connectivity index (χ3v) is 7.31. The van der Waals surface area contributed by atoms with Gasteiger partial charge in [0.05, 0.1) is 6.04 Å². The Balaban J connectivity index is 1.61. The van der Waals surface area contributed by atoms with Gasteiger partial charge in [-0.05, 0) is 59.6 Å². The van der Waals surface area contributed by atoms with E-state index in [2.05, 4.69) is 66.4 Å². The van der Waals surface area contributed by atoms with Gasteiger partial charge in [0.2, 0.25) is 0 Å². The minimum atomic E-state index is 0.00978. The Morgan fingerprint density at radius 1 is 1.16 bits per heavy atom. The third kappa shape index (κ3) is 3.57. The Kier molecular flexibility index (Phi) is 5.36. The van der Waals surface area contributed by atoms with Crippen LogP contribution < -0.4 is 0 Å². The van der Waals surface area contributed by atoms with Gasteiger partial charge in [0.1, 0.15) is 0 Å². The van der Waals surface area contributed by atoms with Crippen LogP contribution in [-0.4, -0.2) is 27.3 Å². The summed E-state index contributed by atoms with van der Waals surface area (Å²) in [7, 11) is 0. The molecule has 4 nitrogen and oxygen atoms in total.